The van der Waals surface area contributed by atoms with Crippen LogP contribution in [0.2, 0.25) is 5.02 Å². The van der Waals surface area contributed by atoms with E-state index in [0.29, 0.717) is 5.92 Å². The van der Waals surface area contributed by atoms with Gasteiger partial charge in [-0.25, -0.2) is 0 Å². The molecule has 0 N–H and O–H groups in total. The molecule has 0 saturated heterocycles. The lowest BCUT2D eigenvalue weighted by Crippen LogP contribution is -2.07. The van der Waals surface area contributed by atoms with Gasteiger partial charge >= 0.3 is 0 Å². The Labute approximate surface area is 122 Å². The Kier molecular flexibility index (Phi) is 6.25. The Balaban J connectivity index is 3.18. The van der Waals surface area contributed by atoms with Crippen molar-refractivity contribution in [3.63, 3.8) is 0 Å². The van der Waals surface area contributed by atoms with Gasteiger partial charge in [0.1, 0.15) is 5.75 Å². The summed E-state index contributed by atoms with van der Waals surface area (Å²) in [6.07, 6.45) is 1.89. The molecule has 1 unspecified atom stereocenters. The number of hydrogen-bond acceptors (Lipinski definition) is 1. The van der Waals surface area contributed by atoms with Crippen molar-refractivity contribution in [2.24, 2.45) is 5.92 Å². The lowest BCUT2D eigenvalue weighted by molar-refractivity contribution is 0.311. The van der Waals surface area contributed by atoms with Crippen LogP contribution in [0.25, 0.3) is 0 Å². The predicted octanol–water partition coefficient (Wildman–Crippen LogP) is 4.95. The fourth-order valence-electron chi connectivity index (χ4n) is 2.17. The first-order valence-corrected chi connectivity index (χ1v) is 7.22. The summed E-state index contributed by atoms with van der Waals surface area (Å²) in [7, 11) is 0. The topological polar surface area (TPSA) is 9.23 Å². The second-order valence-electron chi connectivity index (χ2n) is 4.96. The van der Waals surface area contributed by atoms with Crippen LogP contribution in [0.5, 0.6) is 5.75 Å². The molecule has 0 aromatic heterocycles. The lowest BCUT2D eigenvalue weighted by Gasteiger charge is -2.18. The van der Waals surface area contributed by atoms with Gasteiger partial charge in [0.2, 0.25) is 0 Å². The van der Waals surface area contributed by atoms with Crippen molar-refractivity contribution in [3.8, 4) is 17.6 Å². The minimum atomic E-state index is 0.311. The molecular formula is C17H23ClO. The summed E-state index contributed by atoms with van der Waals surface area (Å²) in [6.45, 7) is 11.0. The fourth-order valence-corrected chi connectivity index (χ4v) is 2.45. The summed E-state index contributed by atoms with van der Waals surface area (Å²) in [5.74, 6) is 7.47. The maximum atomic E-state index is 6.29. The van der Waals surface area contributed by atoms with Crippen LogP contribution in [0.1, 0.15) is 43.9 Å². The molecule has 0 aliphatic rings. The molecule has 0 aliphatic heterocycles. The summed E-state index contributed by atoms with van der Waals surface area (Å²) < 4.78 is 5.93. The van der Waals surface area contributed by atoms with Crippen molar-refractivity contribution in [1.82, 2.24) is 0 Å². The number of hydrogen-bond donors (Lipinski definition) is 0. The molecule has 0 aliphatic carbocycles. The summed E-state index contributed by atoms with van der Waals surface area (Å²) in [5.41, 5.74) is 3.42. The van der Waals surface area contributed by atoms with Crippen LogP contribution in [0.15, 0.2) is 6.07 Å². The molecule has 1 atom stereocenters. The zero-order valence-corrected chi connectivity index (χ0v) is 13.3. The van der Waals surface area contributed by atoms with Crippen LogP contribution in [0.3, 0.4) is 0 Å². The minimum absolute atomic E-state index is 0.311. The standard InChI is InChI=1S/C17H23ClO/c1-6-8-12(3)10-15-14(5)16(18)11-13(4)17(15)19-9-7-2/h11-12H,7,9-10H2,1-5H3. The highest BCUT2D eigenvalue weighted by atomic mass is 35.5. The van der Waals surface area contributed by atoms with E-state index in [2.05, 4.69) is 39.5 Å². The lowest BCUT2D eigenvalue weighted by atomic mass is 9.94. The van der Waals surface area contributed by atoms with Crippen molar-refractivity contribution in [2.45, 2.75) is 47.5 Å². The van der Waals surface area contributed by atoms with E-state index in [-0.39, 0.29) is 0 Å². The molecule has 19 heavy (non-hydrogen) atoms. The average Bonchev–Trinajstić information content (AvgIpc) is 2.35. The van der Waals surface area contributed by atoms with E-state index in [0.717, 1.165) is 41.3 Å². The number of benzene rings is 1. The Morgan fingerprint density at radius 2 is 2.05 bits per heavy atom. The monoisotopic (exact) mass is 278 g/mol. The third-order valence-electron chi connectivity index (χ3n) is 3.14. The van der Waals surface area contributed by atoms with Crippen LogP contribution in [-0.2, 0) is 6.42 Å². The molecule has 1 aromatic rings. The van der Waals surface area contributed by atoms with Gasteiger partial charge in [0.05, 0.1) is 6.61 Å². The van der Waals surface area contributed by atoms with Crippen molar-refractivity contribution in [3.05, 3.63) is 27.8 Å². The van der Waals surface area contributed by atoms with Crippen molar-refractivity contribution >= 4 is 11.6 Å². The first-order valence-electron chi connectivity index (χ1n) is 6.84. The van der Waals surface area contributed by atoms with Crippen LogP contribution in [-0.4, -0.2) is 6.61 Å². The van der Waals surface area contributed by atoms with Crippen LogP contribution < -0.4 is 4.74 Å². The molecule has 0 radical (unpaired) electrons. The van der Waals surface area contributed by atoms with Crippen molar-refractivity contribution < 1.29 is 4.74 Å². The van der Waals surface area contributed by atoms with Gasteiger partial charge in [-0.05, 0) is 50.8 Å². The summed E-state index contributed by atoms with van der Waals surface area (Å²) in [6, 6.07) is 1.99. The van der Waals surface area contributed by atoms with Crippen molar-refractivity contribution in [2.75, 3.05) is 6.61 Å². The Morgan fingerprint density at radius 3 is 2.63 bits per heavy atom. The average molecular weight is 279 g/mol. The van der Waals surface area contributed by atoms with E-state index in [1.807, 2.05) is 13.0 Å². The number of aryl methyl sites for hydroxylation is 1. The highest BCUT2D eigenvalue weighted by Crippen LogP contribution is 2.34. The molecule has 1 aromatic carbocycles. The maximum Gasteiger partial charge on any atom is 0.125 e. The number of halogens is 1. The molecule has 0 amide bonds. The van der Waals surface area contributed by atoms with Gasteiger partial charge in [0.15, 0.2) is 0 Å². The molecule has 0 spiro atoms. The van der Waals surface area contributed by atoms with Gasteiger partial charge in [-0.2, -0.15) is 0 Å². The number of ether oxygens (including phenoxy) is 1. The van der Waals surface area contributed by atoms with Crippen LogP contribution >= 0.6 is 11.6 Å². The van der Waals surface area contributed by atoms with Crippen LogP contribution in [0.4, 0.5) is 0 Å². The molecule has 1 nitrogen and oxygen atoms in total. The second-order valence-corrected chi connectivity index (χ2v) is 5.36. The molecule has 0 saturated carbocycles. The van der Waals surface area contributed by atoms with E-state index in [1.165, 1.54) is 5.56 Å². The highest BCUT2D eigenvalue weighted by molar-refractivity contribution is 6.31. The zero-order valence-electron chi connectivity index (χ0n) is 12.6. The van der Waals surface area contributed by atoms with Crippen LogP contribution in [0, 0.1) is 31.6 Å². The van der Waals surface area contributed by atoms with Gasteiger partial charge in [0, 0.05) is 16.5 Å². The third kappa shape index (κ3) is 4.18. The summed E-state index contributed by atoms with van der Waals surface area (Å²) in [5, 5.41) is 0.813. The molecular weight excluding hydrogens is 256 g/mol. The fraction of sp³-hybridized carbons (Fsp3) is 0.529. The smallest absolute Gasteiger partial charge is 0.125 e. The molecule has 0 fully saturated rings. The number of rotatable bonds is 5. The molecule has 104 valence electrons. The maximum absolute atomic E-state index is 6.29. The van der Waals surface area contributed by atoms with Gasteiger partial charge in [0.25, 0.3) is 0 Å². The van der Waals surface area contributed by atoms with Gasteiger partial charge in [-0.1, -0.05) is 25.4 Å². The van der Waals surface area contributed by atoms with Crippen molar-refractivity contribution in [1.29, 1.82) is 0 Å². The normalized spacial score (nSPS) is 11.7. The predicted molar refractivity (Wildman–Crippen MR) is 83.0 cm³/mol. The molecule has 0 heterocycles. The Morgan fingerprint density at radius 1 is 1.37 bits per heavy atom. The van der Waals surface area contributed by atoms with Gasteiger partial charge in [-0.3, -0.25) is 0 Å². The minimum Gasteiger partial charge on any atom is -0.493 e. The molecule has 2 heteroatoms. The summed E-state index contributed by atoms with van der Waals surface area (Å²) >= 11 is 6.29. The molecule has 1 rings (SSSR count). The first kappa shape index (κ1) is 15.9. The first-order chi connectivity index (χ1) is 9.01. The highest BCUT2D eigenvalue weighted by Gasteiger charge is 2.15. The van der Waals surface area contributed by atoms with Gasteiger partial charge < -0.3 is 4.74 Å². The van der Waals surface area contributed by atoms with E-state index >= 15 is 0 Å². The summed E-state index contributed by atoms with van der Waals surface area (Å²) in [4.78, 5) is 0. The second kappa shape index (κ2) is 7.46. The van der Waals surface area contributed by atoms with E-state index in [9.17, 15) is 0 Å². The Bertz CT molecular complexity index is 494. The van der Waals surface area contributed by atoms with Gasteiger partial charge in [-0.15, -0.1) is 11.8 Å². The third-order valence-corrected chi connectivity index (χ3v) is 3.53. The SMILES string of the molecule is CC#CC(C)Cc1c(C)c(Cl)cc(C)c1OCCC. The van der Waals surface area contributed by atoms with E-state index in [4.69, 9.17) is 16.3 Å². The quantitative estimate of drug-likeness (QED) is 0.693. The Hall–Kier alpha value is -1.13. The zero-order chi connectivity index (χ0) is 14.4. The molecule has 0 bridgehead atoms. The van der Waals surface area contributed by atoms with E-state index in [1.54, 1.807) is 0 Å². The van der Waals surface area contributed by atoms with E-state index < -0.39 is 0 Å². The largest absolute Gasteiger partial charge is 0.493 e.